The molecule has 1 unspecified atom stereocenters. The molecule has 1 N–H and O–H groups in total. The minimum Gasteiger partial charge on any atom is -0.342 e. The topological polar surface area (TPSA) is 73.0 Å². The number of likely N-dealkylation sites (tertiary alicyclic amines) is 2. The lowest BCUT2D eigenvalue weighted by Gasteiger charge is -2.34. The second-order valence-electron chi connectivity index (χ2n) is 7.53. The Bertz CT molecular complexity index is 684. The summed E-state index contributed by atoms with van der Waals surface area (Å²) in [6, 6.07) is 9.83. The molecule has 1 atom stereocenters. The molecule has 1 aromatic rings. The number of piperidine rings is 1. The molecule has 2 aliphatic rings. The Kier molecular flexibility index (Phi) is 5.98. The molecular formula is C20H28N4O3. The van der Waals surface area contributed by atoms with Crippen molar-refractivity contribution in [1.29, 1.82) is 0 Å². The van der Waals surface area contributed by atoms with Gasteiger partial charge in [-0.3, -0.25) is 9.59 Å². The average molecular weight is 372 g/mol. The molecule has 3 rings (SSSR count). The van der Waals surface area contributed by atoms with Gasteiger partial charge in [0.1, 0.15) is 5.92 Å². The maximum atomic E-state index is 12.8. The summed E-state index contributed by atoms with van der Waals surface area (Å²) in [5.74, 6) is -0.679. The number of nitrogens with zero attached hydrogens (tertiary/aromatic N) is 3. The van der Waals surface area contributed by atoms with Gasteiger partial charge in [0.25, 0.3) is 0 Å². The molecule has 0 spiro atoms. The van der Waals surface area contributed by atoms with Crippen LogP contribution in [-0.4, -0.2) is 72.3 Å². The Morgan fingerprint density at radius 1 is 1.07 bits per heavy atom. The number of hydrogen-bond donors (Lipinski definition) is 1. The molecule has 2 fully saturated rings. The highest BCUT2D eigenvalue weighted by molar-refractivity contribution is 6.01. The van der Waals surface area contributed by atoms with Crippen molar-refractivity contribution in [2.24, 2.45) is 5.92 Å². The van der Waals surface area contributed by atoms with Gasteiger partial charge in [-0.15, -0.1) is 0 Å². The van der Waals surface area contributed by atoms with Crippen LogP contribution in [0, 0.1) is 5.92 Å². The van der Waals surface area contributed by atoms with Crippen LogP contribution in [0.5, 0.6) is 0 Å². The largest absolute Gasteiger partial charge is 0.342 e. The van der Waals surface area contributed by atoms with Crippen LogP contribution >= 0.6 is 0 Å². The van der Waals surface area contributed by atoms with E-state index in [-0.39, 0.29) is 23.9 Å². The van der Waals surface area contributed by atoms with Gasteiger partial charge in [-0.1, -0.05) is 30.3 Å². The molecule has 7 heteroatoms. The van der Waals surface area contributed by atoms with Crippen molar-refractivity contribution in [3.8, 4) is 0 Å². The van der Waals surface area contributed by atoms with Gasteiger partial charge in [0, 0.05) is 46.3 Å². The van der Waals surface area contributed by atoms with Gasteiger partial charge < -0.3 is 20.0 Å². The van der Waals surface area contributed by atoms with Gasteiger partial charge in [0.15, 0.2) is 0 Å². The standard InChI is InChI=1S/C20H28N4O3/c1-22(2)20(27)21-16-8-11-23(12-9-16)18(25)17-10-13-24(19(17)26)14-15-6-4-3-5-7-15/h3-7,16-17H,8-14H2,1-2H3,(H,21,27). The van der Waals surface area contributed by atoms with Crippen LogP contribution < -0.4 is 5.32 Å². The Hall–Kier alpha value is -2.57. The van der Waals surface area contributed by atoms with Crippen molar-refractivity contribution in [2.45, 2.75) is 31.8 Å². The summed E-state index contributed by atoms with van der Waals surface area (Å²) in [6.07, 6.45) is 2.03. The van der Waals surface area contributed by atoms with Crippen LogP contribution in [0.3, 0.4) is 0 Å². The summed E-state index contributed by atoms with van der Waals surface area (Å²) in [5.41, 5.74) is 1.08. The molecule has 2 heterocycles. The zero-order valence-corrected chi connectivity index (χ0v) is 16.1. The van der Waals surface area contributed by atoms with Gasteiger partial charge in [-0.2, -0.15) is 0 Å². The molecule has 4 amide bonds. The molecule has 0 aliphatic carbocycles. The van der Waals surface area contributed by atoms with Crippen LogP contribution in [-0.2, 0) is 16.1 Å². The summed E-state index contributed by atoms with van der Waals surface area (Å²) < 4.78 is 0. The molecule has 0 radical (unpaired) electrons. The van der Waals surface area contributed by atoms with Crippen LogP contribution in [0.25, 0.3) is 0 Å². The van der Waals surface area contributed by atoms with Gasteiger partial charge in [-0.05, 0) is 24.8 Å². The number of carbonyl (C=O) groups is 3. The Labute approximate surface area is 160 Å². The number of carbonyl (C=O) groups excluding carboxylic acids is 3. The summed E-state index contributed by atoms with van der Waals surface area (Å²) in [6.45, 7) is 2.35. The number of rotatable bonds is 4. The van der Waals surface area contributed by atoms with Crippen molar-refractivity contribution < 1.29 is 14.4 Å². The third kappa shape index (κ3) is 4.59. The fraction of sp³-hybridized carbons (Fsp3) is 0.550. The van der Waals surface area contributed by atoms with E-state index in [0.717, 1.165) is 18.4 Å². The molecule has 27 heavy (non-hydrogen) atoms. The Morgan fingerprint density at radius 2 is 1.74 bits per heavy atom. The average Bonchev–Trinajstić information content (AvgIpc) is 3.03. The van der Waals surface area contributed by atoms with Crippen molar-refractivity contribution in [3.05, 3.63) is 35.9 Å². The van der Waals surface area contributed by atoms with Crippen molar-refractivity contribution >= 4 is 17.8 Å². The monoisotopic (exact) mass is 372 g/mol. The van der Waals surface area contributed by atoms with E-state index < -0.39 is 5.92 Å². The molecule has 0 bridgehead atoms. The normalized spacial score (nSPS) is 20.7. The lowest BCUT2D eigenvalue weighted by Crippen LogP contribution is -2.50. The minimum absolute atomic E-state index is 0.0621. The summed E-state index contributed by atoms with van der Waals surface area (Å²) >= 11 is 0. The minimum atomic E-state index is -0.554. The molecular weight excluding hydrogens is 344 g/mol. The SMILES string of the molecule is CN(C)C(=O)NC1CCN(C(=O)C2CCN(Cc3ccccc3)C2=O)CC1. The van der Waals surface area contributed by atoms with Crippen molar-refractivity contribution in [2.75, 3.05) is 33.7 Å². The van der Waals surface area contributed by atoms with E-state index in [9.17, 15) is 14.4 Å². The maximum absolute atomic E-state index is 12.8. The van der Waals surface area contributed by atoms with Gasteiger partial charge in [-0.25, -0.2) is 4.79 Å². The van der Waals surface area contributed by atoms with E-state index in [0.29, 0.717) is 32.6 Å². The van der Waals surface area contributed by atoms with E-state index in [1.807, 2.05) is 30.3 Å². The first-order chi connectivity index (χ1) is 13.0. The number of amides is 4. The first kappa shape index (κ1) is 19.2. The fourth-order valence-electron chi connectivity index (χ4n) is 3.70. The van der Waals surface area contributed by atoms with E-state index in [4.69, 9.17) is 0 Å². The van der Waals surface area contributed by atoms with Gasteiger partial charge in [0.2, 0.25) is 11.8 Å². The van der Waals surface area contributed by atoms with Crippen LogP contribution in [0.15, 0.2) is 30.3 Å². The lowest BCUT2D eigenvalue weighted by atomic mass is 10.0. The quantitative estimate of drug-likeness (QED) is 0.810. The third-order valence-corrected chi connectivity index (χ3v) is 5.35. The summed E-state index contributed by atoms with van der Waals surface area (Å²) in [5, 5.41) is 2.96. The van der Waals surface area contributed by atoms with E-state index in [2.05, 4.69) is 5.32 Å². The Balaban J connectivity index is 1.50. The number of benzene rings is 1. The molecule has 0 saturated carbocycles. The summed E-state index contributed by atoms with van der Waals surface area (Å²) in [7, 11) is 3.42. The molecule has 1 aromatic carbocycles. The highest BCUT2D eigenvalue weighted by atomic mass is 16.2. The molecule has 2 saturated heterocycles. The number of hydrogen-bond acceptors (Lipinski definition) is 3. The molecule has 0 aromatic heterocycles. The molecule has 2 aliphatic heterocycles. The van der Waals surface area contributed by atoms with Gasteiger partial charge in [0.05, 0.1) is 0 Å². The fourth-order valence-corrected chi connectivity index (χ4v) is 3.70. The highest BCUT2D eigenvalue weighted by Gasteiger charge is 2.39. The van der Waals surface area contributed by atoms with Crippen molar-refractivity contribution in [1.82, 2.24) is 20.0 Å². The zero-order chi connectivity index (χ0) is 19.4. The molecule has 7 nitrogen and oxygen atoms in total. The first-order valence-corrected chi connectivity index (χ1v) is 9.55. The zero-order valence-electron chi connectivity index (χ0n) is 16.1. The summed E-state index contributed by atoms with van der Waals surface area (Å²) in [4.78, 5) is 42.3. The van der Waals surface area contributed by atoms with Crippen molar-refractivity contribution in [3.63, 3.8) is 0 Å². The van der Waals surface area contributed by atoms with Gasteiger partial charge >= 0.3 is 6.03 Å². The Morgan fingerprint density at radius 3 is 2.37 bits per heavy atom. The van der Waals surface area contributed by atoms with E-state index in [1.54, 1.807) is 23.9 Å². The second kappa shape index (κ2) is 8.41. The lowest BCUT2D eigenvalue weighted by molar-refractivity contribution is -0.144. The predicted octanol–water partition coefficient (Wildman–Crippen LogP) is 1.30. The van der Waals surface area contributed by atoms with E-state index in [1.165, 1.54) is 4.90 Å². The maximum Gasteiger partial charge on any atom is 0.317 e. The second-order valence-corrected chi connectivity index (χ2v) is 7.53. The number of urea groups is 1. The van der Waals surface area contributed by atoms with E-state index >= 15 is 0 Å². The highest BCUT2D eigenvalue weighted by Crippen LogP contribution is 2.24. The third-order valence-electron chi connectivity index (χ3n) is 5.35. The first-order valence-electron chi connectivity index (χ1n) is 9.55. The van der Waals surface area contributed by atoms with Crippen LogP contribution in [0.2, 0.25) is 0 Å². The van der Waals surface area contributed by atoms with Crippen LogP contribution in [0.4, 0.5) is 4.79 Å². The predicted molar refractivity (Wildman–Crippen MR) is 102 cm³/mol. The molecule has 146 valence electrons. The smallest absolute Gasteiger partial charge is 0.317 e. The van der Waals surface area contributed by atoms with Crippen LogP contribution in [0.1, 0.15) is 24.8 Å². The number of nitrogens with one attached hydrogen (secondary N) is 1.